The Morgan fingerprint density at radius 1 is 1.39 bits per heavy atom. The summed E-state index contributed by atoms with van der Waals surface area (Å²) in [4.78, 5) is 14.6. The fraction of sp³-hybridized carbons (Fsp3) is 0.643. The van der Waals surface area contributed by atoms with Crippen molar-refractivity contribution in [1.29, 1.82) is 0 Å². The van der Waals surface area contributed by atoms with Gasteiger partial charge in [0.05, 0.1) is 0 Å². The normalized spacial score (nSPS) is 24.3. The van der Waals surface area contributed by atoms with Crippen LogP contribution >= 0.6 is 15.9 Å². The molecular weight excluding hydrogens is 292 g/mol. The van der Waals surface area contributed by atoms with Crippen LogP contribution in [-0.2, 0) is 6.54 Å². The third-order valence-corrected chi connectivity index (χ3v) is 4.01. The van der Waals surface area contributed by atoms with Crippen molar-refractivity contribution < 1.29 is 4.79 Å². The van der Waals surface area contributed by atoms with Crippen molar-refractivity contribution in [2.24, 2.45) is 11.8 Å². The third-order valence-electron chi connectivity index (χ3n) is 3.58. The lowest BCUT2D eigenvalue weighted by Gasteiger charge is -2.35. The highest BCUT2D eigenvalue weighted by Gasteiger charge is 2.27. The second-order valence-electron chi connectivity index (χ2n) is 5.49. The van der Waals surface area contributed by atoms with Gasteiger partial charge < -0.3 is 9.47 Å². The summed E-state index contributed by atoms with van der Waals surface area (Å²) in [7, 11) is 0. The Morgan fingerprint density at radius 3 is 2.56 bits per heavy atom. The first-order valence-corrected chi connectivity index (χ1v) is 7.45. The summed E-state index contributed by atoms with van der Waals surface area (Å²) in [6.07, 6.45) is 3.20. The lowest BCUT2D eigenvalue weighted by molar-refractivity contribution is 0.0612. The van der Waals surface area contributed by atoms with E-state index >= 15 is 0 Å². The summed E-state index contributed by atoms with van der Waals surface area (Å²) < 4.78 is 2.99. The van der Waals surface area contributed by atoms with E-state index in [1.807, 2.05) is 21.7 Å². The zero-order valence-corrected chi connectivity index (χ0v) is 12.9. The van der Waals surface area contributed by atoms with Gasteiger partial charge in [-0.2, -0.15) is 0 Å². The number of piperidine rings is 1. The van der Waals surface area contributed by atoms with E-state index in [-0.39, 0.29) is 5.91 Å². The predicted octanol–water partition coefficient (Wildman–Crippen LogP) is 3.39. The Labute approximate surface area is 117 Å². The quantitative estimate of drug-likeness (QED) is 0.821. The van der Waals surface area contributed by atoms with Crippen LogP contribution in [0.1, 0.15) is 37.7 Å². The monoisotopic (exact) mass is 312 g/mol. The molecule has 0 saturated carbocycles. The fourth-order valence-electron chi connectivity index (χ4n) is 2.91. The molecule has 1 fully saturated rings. The third kappa shape index (κ3) is 2.79. The number of aromatic nitrogens is 1. The highest BCUT2D eigenvalue weighted by molar-refractivity contribution is 9.10. The largest absolute Gasteiger partial charge is 0.343 e. The zero-order valence-electron chi connectivity index (χ0n) is 11.3. The summed E-state index contributed by atoms with van der Waals surface area (Å²) in [5.41, 5.74) is 0.797. The topological polar surface area (TPSA) is 25.2 Å². The summed E-state index contributed by atoms with van der Waals surface area (Å²) in [5.74, 6) is 1.37. The van der Waals surface area contributed by atoms with Crippen LogP contribution in [-0.4, -0.2) is 28.5 Å². The van der Waals surface area contributed by atoms with Gasteiger partial charge in [0.1, 0.15) is 5.69 Å². The Bertz CT molecular complexity index is 431. The van der Waals surface area contributed by atoms with Gasteiger partial charge in [0.25, 0.3) is 5.91 Å². The molecule has 0 spiro atoms. The van der Waals surface area contributed by atoms with E-state index in [1.165, 1.54) is 6.42 Å². The van der Waals surface area contributed by atoms with Crippen molar-refractivity contribution in [2.75, 3.05) is 13.1 Å². The van der Waals surface area contributed by atoms with E-state index in [4.69, 9.17) is 0 Å². The van der Waals surface area contributed by atoms with Gasteiger partial charge in [0.2, 0.25) is 0 Å². The molecule has 1 aliphatic heterocycles. The number of likely N-dealkylation sites (tertiary alicyclic amines) is 1. The van der Waals surface area contributed by atoms with Crippen molar-refractivity contribution in [3.05, 3.63) is 22.4 Å². The molecule has 1 saturated heterocycles. The number of carbonyl (C=O) groups is 1. The average molecular weight is 313 g/mol. The summed E-state index contributed by atoms with van der Waals surface area (Å²) in [6.45, 7) is 9.11. The lowest BCUT2D eigenvalue weighted by atomic mass is 9.92. The van der Waals surface area contributed by atoms with E-state index in [2.05, 4.69) is 36.7 Å². The molecule has 2 rings (SSSR count). The fourth-order valence-corrected chi connectivity index (χ4v) is 3.37. The molecule has 18 heavy (non-hydrogen) atoms. The zero-order chi connectivity index (χ0) is 13.3. The first-order chi connectivity index (χ1) is 8.51. The van der Waals surface area contributed by atoms with Gasteiger partial charge in [-0.05, 0) is 47.2 Å². The van der Waals surface area contributed by atoms with Crippen molar-refractivity contribution >= 4 is 21.8 Å². The Balaban J connectivity index is 2.19. The van der Waals surface area contributed by atoms with E-state index in [1.54, 1.807) is 0 Å². The summed E-state index contributed by atoms with van der Waals surface area (Å²) in [5, 5.41) is 0. The Hall–Kier alpha value is -0.770. The molecule has 0 N–H and O–H groups in total. The second-order valence-corrected chi connectivity index (χ2v) is 6.40. The van der Waals surface area contributed by atoms with Crippen LogP contribution < -0.4 is 0 Å². The lowest BCUT2D eigenvalue weighted by Crippen LogP contribution is -2.43. The molecule has 1 aromatic rings. The van der Waals surface area contributed by atoms with Crippen LogP contribution in [0, 0.1) is 11.8 Å². The van der Waals surface area contributed by atoms with Crippen molar-refractivity contribution in [2.45, 2.75) is 33.7 Å². The summed E-state index contributed by atoms with van der Waals surface area (Å²) >= 11 is 3.45. The minimum atomic E-state index is 0.168. The molecule has 2 atom stereocenters. The molecule has 1 aromatic heterocycles. The highest BCUT2D eigenvalue weighted by atomic mass is 79.9. The minimum Gasteiger partial charge on any atom is -0.343 e. The molecule has 100 valence electrons. The van der Waals surface area contributed by atoms with Crippen LogP contribution in [0.2, 0.25) is 0 Å². The van der Waals surface area contributed by atoms with Crippen LogP contribution in [0.15, 0.2) is 16.7 Å². The van der Waals surface area contributed by atoms with E-state index in [0.29, 0.717) is 11.8 Å². The number of hydrogen-bond donors (Lipinski definition) is 0. The van der Waals surface area contributed by atoms with Gasteiger partial charge in [0.15, 0.2) is 0 Å². The highest BCUT2D eigenvalue weighted by Crippen LogP contribution is 2.24. The molecule has 0 aromatic carbocycles. The maximum absolute atomic E-state index is 12.6. The van der Waals surface area contributed by atoms with E-state index in [9.17, 15) is 4.79 Å². The molecule has 0 aliphatic carbocycles. The van der Waals surface area contributed by atoms with E-state index < -0.39 is 0 Å². The smallest absolute Gasteiger partial charge is 0.270 e. The van der Waals surface area contributed by atoms with Gasteiger partial charge in [0, 0.05) is 30.3 Å². The second kappa shape index (κ2) is 5.47. The van der Waals surface area contributed by atoms with Crippen molar-refractivity contribution in [1.82, 2.24) is 9.47 Å². The molecule has 1 amide bonds. The van der Waals surface area contributed by atoms with Crippen LogP contribution in [0.25, 0.3) is 0 Å². The maximum atomic E-state index is 12.6. The Morgan fingerprint density at radius 2 is 2.00 bits per heavy atom. The number of nitrogens with zero attached hydrogens (tertiary/aromatic N) is 2. The molecule has 2 heterocycles. The molecule has 0 bridgehead atoms. The first-order valence-electron chi connectivity index (χ1n) is 6.66. The maximum Gasteiger partial charge on any atom is 0.270 e. The molecule has 4 heteroatoms. The minimum absolute atomic E-state index is 0.168. The van der Waals surface area contributed by atoms with Crippen LogP contribution in [0.5, 0.6) is 0 Å². The van der Waals surface area contributed by atoms with Gasteiger partial charge >= 0.3 is 0 Å². The molecule has 3 nitrogen and oxygen atoms in total. The van der Waals surface area contributed by atoms with Gasteiger partial charge in [-0.1, -0.05) is 13.8 Å². The molecule has 1 aliphatic rings. The first kappa shape index (κ1) is 13.7. The van der Waals surface area contributed by atoms with Crippen LogP contribution in [0.4, 0.5) is 0 Å². The number of rotatable bonds is 2. The average Bonchev–Trinajstić information content (AvgIpc) is 2.68. The molecule has 2 unspecified atom stereocenters. The SMILES string of the molecule is CCn1cc(Br)cc1C(=O)N1CC(C)CC(C)C1. The number of carbonyl (C=O) groups excluding carboxylic acids is 1. The van der Waals surface area contributed by atoms with Crippen molar-refractivity contribution in [3.8, 4) is 0 Å². The van der Waals surface area contributed by atoms with E-state index in [0.717, 1.165) is 29.8 Å². The van der Waals surface area contributed by atoms with Crippen LogP contribution in [0.3, 0.4) is 0 Å². The number of amides is 1. The van der Waals surface area contributed by atoms with Gasteiger partial charge in [-0.25, -0.2) is 0 Å². The number of aryl methyl sites for hydroxylation is 1. The Kier molecular flexibility index (Phi) is 4.15. The predicted molar refractivity (Wildman–Crippen MR) is 76.7 cm³/mol. The standard InChI is InChI=1S/C14H21BrN2O/c1-4-16-9-12(15)6-13(16)14(18)17-7-10(2)5-11(3)8-17/h6,9-11H,4-5,7-8H2,1-3H3. The van der Waals surface area contributed by atoms with Gasteiger partial charge in [-0.3, -0.25) is 4.79 Å². The summed E-state index contributed by atoms with van der Waals surface area (Å²) in [6, 6.07) is 1.93. The number of halogens is 1. The van der Waals surface area contributed by atoms with Gasteiger partial charge in [-0.15, -0.1) is 0 Å². The number of hydrogen-bond acceptors (Lipinski definition) is 1. The van der Waals surface area contributed by atoms with Crippen molar-refractivity contribution in [3.63, 3.8) is 0 Å². The molecule has 0 radical (unpaired) electrons. The molecular formula is C14H21BrN2O.